The molecule has 0 aliphatic rings. The molecule has 96 valence electrons. The second-order valence-corrected chi connectivity index (χ2v) is 7.83. The van der Waals surface area contributed by atoms with Crippen molar-refractivity contribution >= 4 is 24.0 Å². The summed E-state index contributed by atoms with van der Waals surface area (Å²) in [6, 6.07) is 7.34. The maximum atomic E-state index is 13.7. The molecule has 1 aromatic rings. The fraction of sp³-hybridized carbons (Fsp3) is 0.400. The maximum Gasteiger partial charge on any atom is 0.455 e. The van der Waals surface area contributed by atoms with E-state index in [2.05, 4.69) is 4.18 Å². The Morgan fingerprint density at radius 1 is 1.24 bits per heavy atom. The number of halogens is 2. The number of hydrogen-bond acceptors (Lipinski definition) is 3. The summed E-state index contributed by atoms with van der Waals surface area (Å²) in [5.74, 6) is 0. The Morgan fingerprint density at radius 3 is 2.35 bits per heavy atom. The molecule has 0 aliphatic carbocycles. The molecule has 0 spiro atoms. The monoisotopic (exact) mass is 280 g/mol. The van der Waals surface area contributed by atoms with Gasteiger partial charge in [-0.2, -0.15) is 8.42 Å². The van der Waals surface area contributed by atoms with Gasteiger partial charge < -0.3 is 0 Å². The number of hydrogen-bond donors (Lipinski definition) is 0. The minimum atomic E-state index is -4.45. The highest BCUT2D eigenvalue weighted by Gasteiger charge is 2.36. The van der Waals surface area contributed by atoms with Gasteiger partial charge in [0.2, 0.25) is 0 Å². The Morgan fingerprint density at radius 2 is 1.82 bits per heavy atom. The van der Waals surface area contributed by atoms with E-state index in [0.717, 1.165) is 6.26 Å². The summed E-state index contributed by atoms with van der Waals surface area (Å²) < 4.78 is 53.1. The van der Waals surface area contributed by atoms with E-state index in [9.17, 15) is 16.6 Å². The van der Waals surface area contributed by atoms with Crippen LogP contribution in [0.4, 0.5) is 8.22 Å². The average molecular weight is 280 g/mol. The van der Waals surface area contributed by atoms with Gasteiger partial charge in [-0.3, -0.25) is 12.4 Å². The van der Waals surface area contributed by atoms with Gasteiger partial charge in [-0.25, -0.2) is 0 Å². The van der Waals surface area contributed by atoms with Crippen molar-refractivity contribution in [3.05, 3.63) is 30.3 Å². The molecule has 7 heteroatoms. The summed E-state index contributed by atoms with van der Waals surface area (Å²) in [6.45, 7) is -0.186. The first-order chi connectivity index (χ1) is 7.81. The lowest BCUT2D eigenvalue weighted by Crippen LogP contribution is -2.38. The number of rotatable bonds is 6. The fourth-order valence-corrected chi connectivity index (χ4v) is 3.31. The smallest absolute Gasteiger partial charge is 0.270 e. The molecule has 1 rings (SSSR count). The molecule has 0 unspecified atom stereocenters. The highest BCUT2D eigenvalue weighted by atomic mass is 32.2. The van der Waals surface area contributed by atoms with Gasteiger partial charge in [0.1, 0.15) is 0 Å². The first-order valence-corrected chi connectivity index (χ1v) is 8.87. The van der Waals surface area contributed by atoms with Gasteiger partial charge in [-0.15, -0.1) is 0 Å². The van der Waals surface area contributed by atoms with Crippen molar-refractivity contribution in [2.24, 2.45) is 0 Å². The minimum Gasteiger partial charge on any atom is -0.270 e. The molecular formula is C10H14F2O3SSi. The third kappa shape index (κ3) is 5.38. The second-order valence-electron chi connectivity index (χ2n) is 3.70. The van der Waals surface area contributed by atoms with Crippen molar-refractivity contribution in [2.75, 3.05) is 12.9 Å². The van der Waals surface area contributed by atoms with E-state index in [-0.39, 0.29) is 24.3 Å². The van der Waals surface area contributed by atoms with Crippen molar-refractivity contribution in [3.8, 4) is 0 Å². The molecular weight excluding hydrogens is 266 g/mol. The summed E-state index contributed by atoms with van der Waals surface area (Å²) in [5, 5.41) is 0.0688. The van der Waals surface area contributed by atoms with E-state index < -0.39 is 18.9 Å². The molecule has 0 saturated heterocycles. The highest BCUT2D eigenvalue weighted by Crippen LogP contribution is 2.16. The van der Waals surface area contributed by atoms with Gasteiger partial charge in [0.05, 0.1) is 12.9 Å². The van der Waals surface area contributed by atoms with Gasteiger partial charge in [-0.1, -0.05) is 30.3 Å². The van der Waals surface area contributed by atoms with Gasteiger partial charge in [-0.05, 0) is 6.42 Å². The largest absolute Gasteiger partial charge is 0.455 e. The predicted molar refractivity (Wildman–Crippen MR) is 64.3 cm³/mol. The van der Waals surface area contributed by atoms with Crippen molar-refractivity contribution in [1.82, 2.24) is 0 Å². The van der Waals surface area contributed by atoms with Crippen LogP contribution in [0.5, 0.6) is 0 Å². The molecule has 3 nitrogen and oxygen atoms in total. The Hall–Kier alpha value is -0.793. The van der Waals surface area contributed by atoms with E-state index in [0.29, 0.717) is 0 Å². The van der Waals surface area contributed by atoms with E-state index in [1.165, 1.54) is 12.1 Å². The average Bonchev–Trinajstić information content (AvgIpc) is 2.25. The zero-order chi connectivity index (χ0) is 12.9. The van der Waals surface area contributed by atoms with Crippen LogP contribution in [0, 0.1) is 0 Å². The van der Waals surface area contributed by atoms with Crippen molar-refractivity contribution < 1.29 is 20.8 Å². The van der Waals surface area contributed by atoms with Crippen LogP contribution in [-0.4, -0.2) is 30.0 Å². The molecule has 0 fully saturated rings. The molecule has 0 amide bonds. The maximum absolute atomic E-state index is 13.7. The van der Waals surface area contributed by atoms with Gasteiger partial charge in [0.15, 0.2) is 0 Å². The number of benzene rings is 1. The lowest BCUT2D eigenvalue weighted by atomic mass is 10.4. The molecule has 0 aromatic heterocycles. The van der Waals surface area contributed by atoms with Gasteiger partial charge in [0, 0.05) is 11.2 Å². The van der Waals surface area contributed by atoms with Crippen molar-refractivity contribution in [2.45, 2.75) is 12.5 Å². The van der Waals surface area contributed by atoms with Crippen molar-refractivity contribution in [3.63, 3.8) is 0 Å². The molecule has 17 heavy (non-hydrogen) atoms. The Labute approximate surface area is 101 Å². The van der Waals surface area contributed by atoms with E-state index >= 15 is 0 Å². The van der Waals surface area contributed by atoms with Crippen LogP contribution in [0.1, 0.15) is 6.42 Å². The van der Waals surface area contributed by atoms with Crippen LogP contribution >= 0.6 is 0 Å². The molecule has 0 atom stereocenters. The molecule has 0 bridgehead atoms. The second kappa shape index (κ2) is 5.70. The predicted octanol–water partition coefficient (Wildman–Crippen LogP) is 1.64. The van der Waals surface area contributed by atoms with Crippen LogP contribution < -0.4 is 5.19 Å². The van der Waals surface area contributed by atoms with Crippen molar-refractivity contribution in [1.29, 1.82) is 0 Å². The van der Waals surface area contributed by atoms with Crippen LogP contribution in [0.2, 0.25) is 6.04 Å². The molecule has 1 aromatic carbocycles. The summed E-state index contributed by atoms with van der Waals surface area (Å²) in [4.78, 5) is 0. The summed E-state index contributed by atoms with van der Waals surface area (Å²) in [7, 11) is -7.99. The SMILES string of the molecule is CS(=O)(=O)OCCC[Si](F)(F)c1ccccc1. The van der Waals surface area contributed by atoms with E-state index in [1.807, 2.05) is 0 Å². The first-order valence-electron chi connectivity index (χ1n) is 5.09. The summed E-state index contributed by atoms with van der Waals surface area (Å²) in [6.07, 6.45) is 0.945. The molecule has 0 heterocycles. The molecule has 0 N–H and O–H groups in total. The zero-order valence-electron chi connectivity index (χ0n) is 9.40. The lowest BCUT2D eigenvalue weighted by Gasteiger charge is -2.12. The first kappa shape index (κ1) is 14.3. The van der Waals surface area contributed by atoms with Gasteiger partial charge in [0.25, 0.3) is 10.1 Å². The fourth-order valence-electron chi connectivity index (χ4n) is 1.33. The zero-order valence-corrected chi connectivity index (χ0v) is 11.2. The van der Waals surface area contributed by atoms with E-state index in [4.69, 9.17) is 0 Å². The molecule has 0 saturated carbocycles. The highest BCUT2D eigenvalue weighted by molar-refractivity contribution is 7.85. The quantitative estimate of drug-likeness (QED) is 0.344. The third-order valence-electron chi connectivity index (χ3n) is 2.13. The van der Waals surface area contributed by atoms with Crippen LogP contribution in [0.15, 0.2) is 30.3 Å². The summed E-state index contributed by atoms with van der Waals surface area (Å²) in [5.41, 5.74) is 0. The van der Waals surface area contributed by atoms with Gasteiger partial charge >= 0.3 is 8.74 Å². The topological polar surface area (TPSA) is 43.4 Å². The third-order valence-corrected chi connectivity index (χ3v) is 4.88. The standard InChI is InChI=1S/C10H14F2O3SSi/c1-16(13,14)15-8-5-9-17(11,12)10-6-3-2-4-7-10/h2-4,6-7H,5,8-9H2,1H3. The molecule has 0 radical (unpaired) electrons. The Bertz CT molecular complexity index is 448. The molecule has 0 aliphatic heterocycles. The lowest BCUT2D eigenvalue weighted by molar-refractivity contribution is 0.319. The Balaban J connectivity index is 2.46. The van der Waals surface area contributed by atoms with Crippen LogP contribution in [0.3, 0.4) is 0 Å². The van der Waals surface area contributed by atoms with E-state index in [1.54, 1.807) is 18.2 Å². The normalized spacial score (nSPS) is 12.6. The van der Waals surface area contributed by atoms with Crippen LogP contribution in [-0.2, 0) is 14.3 Å². The Kier molecular flexibility index (Phi) is 4.78. The minimum absolute atomic E-state index is 0.0428. The van der Waals surface area contributed by atoms with Crippen LogP contribution in [0.25, 0.3) is 0 Å². The summed E-state index contributed by atoms with van der Waals surface area (Å²) >= 11 is 0.